The molecule has 5 nitrogen and oxygen atoms in total. The number of hydrogen-bond acceptors (Lipinski definition) is 6. The Kier molecular flexibility index (Phi) is 4.79. The monoisotopic (exact) mass is 268 g/mol. The van der Waals surface area contributed by atoms with Crippen molar-refractivity contribution >= 4 is 17.6 Å². The molecular formula is C12H20N4OS. The van der Waals surface area contributed by atoms with E-state index in [0.717, 1.165) is 42.8 Å². The molecule has 0 radical (unpaired) electrons. The molecule has 2 rings (SSSR count). The van der Waals surface area contributed by atoms with Crippen LogP contribution < -0.4 is 4.90 Å². The van der Waals surface area contributed by atoms with Crippen molar-refractivity contribution in [1.29, 1.82) is 0 Å². The molecule has 100 valence electrons. The van der Waals surface area contributed by atoms with E-state index in [1.165, 1.54) is 0 Å². The van der Waals surface area contributed by atoms with Gasteiger partial charge in [-0.2, -0.15) is 0 Å². The highest BCUT2D eigenvalue weighted by atomic mass is 32.2. The standard InChI is InChI=1S/C12H20N4OS/c1-15-4-6-16(7-5-15)11-9-10(3-8-17)13-12(14-11)18-2/h9,17H,3-8H2,1-2H3. The maximum absolute atomic E-state index is 9.03. The average molecular weight is 268 g/mol. The summed E-state index contributed by atoms with van der Waals surface area (Å²) in [7, 11) is 2.14. The molecule has 1 N–H and O–H groups in total. The minimum Gasteiger partial charge on any atom is -0.396 e. The number of thioether (sulfide) groups is 1. The lowest BCUT2D eigenvalue weighted by molar-refractivity contribution is 0.297. The van der Waals surface area contributed by atoms with Crippen molar-refractivity contribution in [2.24, 2.45) is 0 Å². The molecule has 1 saturated heterocycles. The highest BCUT2D eigenvalue weighted by molar-refractivity contribution is 7.98. The molecule has 1 aliphatic rings. The summed E-state index contributed by atoms with van der Waals surface area (Å²) in [5, 5.41) is 9.82. The second-order valence-corrected chi connectivity index (χ2v) is 5.24. The van der Waals surface area contributed by atoms with Gasteiger partial charge >= 0.3 is 0 Å². The Labute approximate surface area is 112 Å². The van der Waals surface area contributed by atoms with Gasteiger partial charge in [-0.05, 0) is 13.3 Å². The van der Waals surface area contributed by atoms with E-state index in [4.69, 9.17) is 5.11 Å². The number of hydrogen-bond donors (Lipinski definition) is 1. The largest absolute Gasteiger partial charge is 0.396 e. The Morgan fingerprint density at radius 1 is 1.28 bits per heavy atom. The van der Waals surface area contributed by atoms with Crippen molar-refractivity contribution in [2.45, 2.75) is 11.6 Å². The van der Waals surface area contributed by atoms with E-state index in [0.29, 0.717) is 6.42 Å². The van der Waals surface area contributed by atoms with Crippen LogP contribution in [0.5, 0.6) is 0 Å². The molecule has 0 amide bonds. The molecule has 6 heteroatoms. The van der Waals surface area contributed by atoms with E-state index in [1.807, 2.05) is 12.3 Å². The molecule has 1 fully saturated rings. The van der Waals surface area contributed by atoms with Gasteiger partial charge in [0, 0.05) is 51.0 Å². The van der Waals surface area contributed by atoms with Crippen molar-refractivity contribution in [3.8, 4) is 0 Å². The first-order valence-corrected chi connectivity index (χ1v) is 7.41. The summed E-state index contributed by atoms with van der Waals surface area (Å²) < 4.78 is 0. The number of nitrogens with zero attached hydrogens (tertiary/aromatic N) is 4. The number of aliphatic hydroxyl groups is 1. The first-order chi connectivity index (χ1) is 8.72. The average Bonchev–Trinajstić information content (AvgIpc) is 2.39. The molecule has 18 heavy (non-hydrogen) atoms. The quantitative estimate of drug-likeness (QED) is 0.633. The normalized spacial score (nSPS) is 17.2. The SMILES string of the molecule is CSc1nc(CCO)cc(N2CCN(C)CC2)n1. The van der Waals surface area contributed by atoms with Crippen molar-refractivity contribution in [3.63, 3.8) is 0 Å². The van der Waals surface area contributed by atoms with Crippen LogP contribution in [0.25, 0.3) is 0 Å². The summed E-state index contributed by atoms with van der Waals surface area (Å²) in [4.78, 5) is 13.6. The molecule has 1 aliphatic heterocycles. The molecule has 0 aromatic carbocycles. The molecule has 0 aliphatic carbocycles. The van der Waals surface area contributed by atoms with Gasteiger partial charge in [0.05, 0.1) is 0 Å². The molecule has 1 aromatic rings. The highest BCUT2D eigenvalue weighted by Gasteiger charge is 2.16. The predicted molar refractivity (Wildman–Crippen MR) is 74.3 cm³/mol. The van der Waals surface area contributed by atoms with Gasteiger partial charge < -0.3 is 14.9 Å². The van der Waals surface area contributed by atoms with Crippen molar-refractivity contribution in [1.82, 2.24) is 14.9 Å². The minimum absolute atomic E-state index is 0.132. The Balaban J connectivity index is 2.17. The van der Waals surface area contributed by atoms with Gasteiger partial charge in [0.2, 0.25) is 0 Å². The van der Waals surface area contributed by atoms with E-state index in [9.17, 15) is 0 Å². The number of piperazine rings is 1. The van der Waals surface area contributed by atoms with Crippen LogP contribution in [0.1, 0.15) is 5.69 Å². The van der Waals surface area contributed by atoms with Gasteiger partial charge in [-0.25, -0.2) is 9.97 Å². The van der Waals surface area contributed by atoms with Crippen molar-refractivity contribution < 1.29 is 5.11 Å². The minimum atomic E-state index is 0.132. The summed E-state index contributed by atoms with van der Waals surface area (Å²) in [6.45, 7) is 4.26. The second-order valence-electron chi connectivity index (χ2n) is 4.47. The molecule has 0 unspecified atom stereocenters. The maximum atomic E-state index is 9.03. The summed E-state index contributed by atoms with van der Waals surface area (Å²) in [5.41, 5.74) is 0.922. The fraction of sp³-hybridized carbons (Fsp3) is 0.667. The van der Waals surface area contributed by atoms with Crippen LogP contribution in [0.15, 0.2) is 11.2 Å². The van der Waals surface area contributed by atoms with Gasteiger partial charge in [0.25, 0.3) is 0 Å². The summed E-state index contributed by atoms with van der Waals surface area (Å²) in [5.74, 6) is 0.992. The summed E-state index contributed by atoms with van der Waals surface area (Å²) in [6, 6.07) is 2.00. The lowest BCUT2D eigenvalue weighted by atomic mass is 10.2. The summed E-state index contributed by atoms with van der Waals surface area (Å²) >= 11 is 1.55. The highest BCUT2D eigenvalue weighted by Crippen LogP contribution is 2.19. The van der Waals surface area contributed by atoms with E-state index in [1.54, 1.807) is 11.8 Å². The fourth-order valence-electron chi connectivity index (χ4n) is 1.99. The number of aromatic nitrogens is 2. The van der Waals surface area contributed by atoms with Crippen LogP contribution in [-0.2, 0) is 6.42 Å². The van der Waals surface area contributed by atoms with Gasteiger partial charge in [-0.1, -0.05) is 11.8 Å². The first-order valence-electron chi connectivity index (χ1n) is 6.19. The zero-order valence-corrected chi connectivity index (χ0v) is 11.8. The van der Waals surface area contributed by atoms with Crippen LogP contribution in [0, 0.1) is 0 Å². The van der Waals surface area contributed by atoms with E-state index < -0.39 is 0 Å². The zero-order chi connectivity index (χ0) is 13.0. The topological polar surface area (TPSA) is 52.5 Å². The third-order valence-electron chi connectivity index (χ3n) is 3.12. The zero-order valence-electron chi connectivity index (χ0n) is 11.0. The van der Waals surface area contributed by atoms with Gasteiger partial charge in [0.15, 0.2) is 5.16 Å². The first kappa shape index (κ1) is 13.6. The number of aliphatic hydroxyl groups excluding tert-OH is 1. The summed E-state index contributed by atoms with van der Waals surface area (Å²) in [6.07, 6.45) is 2.57. The molecule has 0 atom stereocenters. The third-order valence-corrected chi connectivity index (χ3v) is 3.67. The smallest absolute Gasteiger partial charge is 0.189 e. The predicted octanol–water partition coefficient (Wildman–Crippen LogP) is 0.485. The Morgan fingerprint density at radius 3 is 2.61 bits per heavy atom. The van der Waals surface area contributed by atoms with Crippen LogP contribution in [0.4, 0.5) is 5.82 Å². The molecule has 1 aromatic heterocycles. The lowest BCUT2D eigenvalue weighted by Gasteiger charge is -2.33. The molecular weight excluding hydrogens is 248 g/mol. The third kappa shape index (κ3) is 3.34. The Hall–Kier alpha value is -0.850. The molecule has 0 spiro atoms. The Bertz CT molecular complexity index is 394. The van der Waals surface area contributed by atoms with Crippen molar-refractivity contribution in [3.05, 3.63) is 11.8 Å². The van der Waals surface area contributed by atoms with Crippen molar-refractivity contribution in [2.75, 3.05) is 51.0 Å². The van der Waals surface area contributed by atoms with E-state index in [2.05, 4.69) is 26.8 Å². The van der Waals surface area contributed by atoms with Crippen LogP contribution >= 0.6 is 11.8 Å². The van der Waals surface area contributed by atoms with Crippen LogP contribution in [0.2, 0.25) is 0 Å². The fourth-order valence-corrected chi connectivity index (χ4v) is 2.38. The Morgan fingerprint density at radius 2 is 2.00 bits per heavy atom. The van der Waals surface area contributed by atoms with E-state index >= 15 is 0 Å². The van der Waals surface area contributed by atoms with Gasteiger partial charge in [-0.3, -0.25) is 0 Å². The molecule has 0 bridgehead atoms. The molecule has 2 heterocycles. The number of anilines is 1. The van der Waals surface area contributed by atoms with Gasteiger partial charge in [-0.15, -0.1) is 0 Å². The second kappa shape index (κ2) is 6.36. The van der Waals surface area contributed by atoms with Gasteiger partial charge in [0.1, 0.15) is 5.82 Å². The number of likely N-dealkylation sites (N-methyl/N-ethyl adjacent to an activating group) is 1. The lowest BCUT2D eigenvalue weighted by Crippen LogP contribution is -2.44. The van der Waals surface area contributed by atoms with E-state index in [-0.39, 0.29) is 6.61 Å². The molecule has 0 saturated carbocycles. The number of rotatable bonds is 4. The van der Waals surface area contributed by atoms with Crippen LogP contribution in [0.3, 0.4) is 0 Å². The van der Waals surface area contributed by atoms with Crippen LogP contribution in [-0.4, -0.2) is 66.1 Å². The maximum Gasteiger partial charge on any atom is 0.189 e.